The summed E-state index contributed by atoms with van der Waals surface area (Å²) in [7, 11) is 0. The van der Waals surface area contributed by atoms with Crippen LogP contribution in [0.25, 0.3) is 0 Å². The number of benzene rings is 1. The number of fused-ring (bicyclic) bond motifs is 1. The van der Waals surface area contributed by atoms with Crippen molar-refractivity contribution < 1.29 is 9.59 Å². The maximum atomic E-state index is 12.9. The van der Waals surface area contributed by atoms with Crippen molar-refractivity contribution in [1.82, 2.24) is 14.8 Å². The Balaban J connectivity index is 1.62. The van der Waals surface area contributed by atoms with E-state index in [0.29, 0.717) is 31.2 Å². The van der Waals surface area contributed by atoms with Gasteiger partial charge in [0.05, 0.1) is 6.04 Å². The van der Waals surface area contributed by atoms with Crippen molar-refractivity contribution >= 4 is 11.8 Å². The lowest BCUT2D eigenvalue weighted by molar-refractivity contribution is -0.130. The number of aryl methyl sites for hydroxylation is 2. The van der Waals surface area contributed by atoms with Crippen LogP contribution in [0.1, 0.15) is 40.3 Å². The molecule has 0 unspecified atom stereocenters. The minimum absolute atomic E-state index is 0.00833. The molecule has 2 aromatic rings. The summed E-state index contributed by atoms with van der Waals surface area (Å²) in [6.07, 6.45) is 0. The van der Waals surface area contributed by atoms with E-state index in [4.69, 9.17) is 0 Å². The number of likely N-dealkylation sites (tertiary alicyclic amines) is 2. The third-order valence-corrected chi connectivity index (χ3v) is 5.97. The van der Waals surface area contributed by atoms with Crippen LogP contribution in [-0.2, 0) is 4.79 Å². The fourth-order valence-electron chi connectivity index (χ4n) is 4.68. The van der Waals surface area contributed by atoms with Crippen molar-refractivity contribution in [1.29, 1.82) is 0 Å². The van der Waals surface area contributed by atoms with Crippen LogP contribution in [0.3, 0.4) is 0 Å². The molecule has 5 heteroatoms. The number of aromatic nitrogens is 1. The molecule has 0 radical (unpaired) electrons. The molecule has 0 aliphatic carbocycles. The van der Waals surface area contributed by atoms with Crippen LogP contribution in [0.5, 0.6) is 0 Å². The van der Waals surface area contributed by atoms with Gasteiger partial charge in [-0.05, 0) is 37.1 Å². The molecule has 2 fully saturated rings. The summed E-state index contributed by atoms with van der Waals surface area (Å²) < 4.78 is 0. The predicted molar refractivity (Wildman–Crippen MR) is 103 cm³/mol. The second kappa shape index (κ2) is 6.80. The molecule has 0 N–H and O–H groups in total. The number of amides is 2. The Hall–Kier alpha value is -2.69. The van der Waals surface area contributed by atoms with E-state index >= 15 is 0 Å². The molecule has 3 heterocycles. The summed E-state index contributed by atoms with van der Waals surface area (Å²) in [5.74, 6) is 0.679. The number of pyridine rings is 1. The molecule has 27 heavy (non-hydrogen) atoms. The Bertz CT molecular complexity index is 895. The summed E-state index contributed by atoms with van der Waals surface area (Å²) >= 11 is 0. The molecule has 2 aliphatic rings. The minimum atomic E-state index is -0.00833. The molecule has 0 bridgehead atoms. The Morgan fingerprint density at radius 2 is 1.78 bits per heavy atom. The van der Waals surface area contributed by atoms with Gasteiger partial charge < -0.3 is 9.80 Å². The third kappa shape index (κ3) is 3.11. The lowest BCUT2D eigenvalue weighted by atomic mass is 9.87. The van der Waals surface area contributed by atoms with E-state index in [0.717, 1.165) is 5.69 Å². The zero-order valence-corrected chi connectivity index (χ0v) is 16.1. The first-order valence-corrected chi connectivity index (χ1v) is 9.51. The average Bonchev–Trinajstić information content (AvgIpc) is 3.20. The zero-order valence-electron chi connectivity index (χ0n) is 16.1. The van der Waals surface area contributed by atoms with Gasteiger partial charge in [0.2, 0.25) is 5.91 Å². The summed E-state index contributed by atoms with van der Waals surface area (Å²) in [5, 5.41) is 0. The van der Waals surface area contributed by atoms with E-state index in [-0.39, 0.29) is 23.8 Å². The van der Waals surface area contributed by atoms with Gasteiger partial charge in [-0.15, -0.1) is 0 Å². The SMILES string of the molecule is CC(=O)N1C[C@H]2CN(C(=O)c3cccc(C)n3)C[C@H]2[C@H]1c1ccccc1C. The standard InChI is InChI=1S/C22H25N3O2/c1-14-7-4-5-9-18(14)21-19-13-24(11-17(19)12-25(21)16(3)26)22(27)20-10-6-8-15(2)23-20/h4-10,17,19,21H,11-13H2,1-3H3/t17-,19-,21-/m1/s1. The predicted octanol–water partition coefficient (Wildman–Crippen LogP) is 2.99. The monoisotopic (exact) mass is 363 g/mol. The topological polar surface area (TPSA) is 53.5 Å². The highest BCUT2D eigenvalue weighted by Gasteiger charge is 2.49. The molecular formula is C22H25N3O2. The molecule has 2 amide bonds. The number of hydrogen-bond donors (Lipinski definition) is 0. The number of nitrogens with zero attached hydrogens (tertiary/aromatic N) is 3. The molecule has 4 rings (SSSR count). The molecule has 0 saturated carbocycles. The van der Waals surface area contributed by atoms with Crippen molar-refractivity contribution in [2.45, 2.75) is 26.8 Å². The van der Waals surface area contributed by atoms with Gasteiger partial charge in [0.15, 0.2) is 0 Å². The second-order valence-corrected chi connectivity index (χ2v) is 7.77. The highest BCUT2D eigenvalue weighted by molar-refractivity contribution is 5.92. The largest absolute Gasteiger partial charge is 0.337 e. The van der Waals surface area contributed by atoms with E-state index < -0.39 is 0 Å². The van der Waals surface area contributed by atoms with Gasteiger partial charge in [0.25, 0.3) is 5.91 Å². The molecule has 3 atom stereocenters. The highest BCUT2D eigenvalue weighted by Crippen LogP contribution is 2.45. The van der Waals surface area contributed by atoms with Crippen LogP contribution in [0.4, 0.5) is 0 Å². The van der Waals surface area contributed by atoms with Crippen molar-refractivity contribution in [3.05, 3.63) is 65.0 Å². The highest BCUT2D eigenvalue weighted by atomic mass is 16.2. The van der Waals surface area contributed by atoms with Crippen molar-refractivity contribution in [2.75, 3.05) is 19.6 Å². The van der Waals surface area contributed by atoms with Gasteiger partial charge in [0, 0.05) is 44.1 Å². The van der Waals surface area contributed by atoms with Gasteiger partial charge in [-0.2, -0.15) is 0 Å². The molecule has 2 aliphatic heterocycles. The molecule has 5 nitrogen and oxygen atoms in total. The fourth-order valence-corrected chi connectivity index (χ4v) is 4.68. The maximum Gasteiger partial charge on any atom is 0.272 e. The van der Waals surface area contributed by atoms with E-state index in [1.807, 2.05) is 41.0 Å². The van der Waals surface area contributed by atoms with Gasteiger partial charge in [-0.25, -0.2) is 4.98 Å². The molecule has 1 aromatic carbocycles. The van der Waals surface area contributed by atoms with E-state index in [1.165, 1.54) is 11.1 Å². The van der Waals surface area contributed by atoms with Crippen LogP contribution in [0.2, 0.25) is 0 Å². The lowest BCUT2D eigenvalue weighted by Gasteiger charge is -2.30. The van der Waals surface area contributed by atoms with Gasteiger partial charge >= 0.3 is 0 Å². The Labute approximate surface area is 160 Å². The summed E-state index contributed by atoms with van der Waals surface area (Å²) in [6.45, 7) is 7.70. The number of carbonyl (C=O) groups is 2. The van der Waals surface area contributed by atoms with Crippen LogP contribution >= 0.6 is 0 Å². The molecule has 140 valence electrons. The first-order chi connectivity index (χ1) is 13.0. The van der Waals surface area contributed by atoms with Crippen LogP contribution in [-0.4, -0.2) is 46.2 Å². The fraction of sp³-hybridized carbons (Fsp3) is 0.409. The molecule has 2 saturated heterocycles. The Morgan fingerprint density at radius 1 is 1.00 bits per heavy atom. The third-order valence-electron chi connectivity index (χ3n) is 5.97. The first-order valence-electron chi connectivity index (χ1n) is 9.51. The smallest absolute Gasteiger partial charge is 0.272 e. The summed E-state index contributed by atoms with van der Waals surface area (Å²) in [5.41, 5.74) is 3.74. The number of carbonyl (C=O) groups excluding carboxylic acids is 2. The first kappa shape index (κ1) is 17.7. The van der Waals surface area contributed by atoms with Gasteiger partial charge in [-0.3, -0.25) is 9.59 Å². The van der Waals surface area contributed by atoms with Crippen molar-refractivity contribution in [3.8, 4) is 0 Å². The van der Waals surface area contributed by atoms with Gasteiger partial charge in [0.1, 0.15) is 5.69 Å². The Kier molecular flexibility index (Phi) is 4.46. The van der Waals surface area contributed by atoms with Crippen LogP contribution < -0.4 is 0 Å². The zero-order chi connectivity index (χ0) is 19.1. The quantitative estimate of drug-likeness (QED) is 0.824. The van der Waals surface area contributed by atoms with Gasteiger partial charge in [-0.1, -0.05) is 30.3 Å². The second-order valence-electron chi connectivity index (χ2n) is 7.77. The van der Waals surface area contributed by atoms with Crippen LogP contribution in [0, 0.1) is 25.7 Å². The Morgan fingerprint density at radius 3 is 2.48 bits per heavy atom. The molecule has 1 aromatic heterocycles. The maximum absolute atomic E-state index is 12.9. The average molecular weight is 363 g/mol. The summed E-state index contributed by atoms with van der Waals surface area (Å²) in [4.78, 5) is 33.5. The van der Waals surface area contributed by atoms with E-state index in [1.54, 1.807) is 13.0 Å². The van der Waals surface area contributed by atoms with Crippen molar-refractivity contribution in [3.63, 3.8) is 0 Å². The van der Waals surface area contributed by atoms with E-state index in [9.17, 15) is 9.59 Å². The minimum Gasteiger partial charge on any atom is -0.337 e. The number of rotatable bonds is 2. The number of hydrogen-bond acceptors (Lipinski definition) is 3. The van der Waals surface area contributed by atoms with Crippen molar-refractivity contribution in [2.24, 2.45) is 11.8 Å². The molecular weight excluding hydrogens is 338 g/mol. The summed E-state index contributed by atoms with van der Waals surface area (Å²) in [6, 6.07) is 13.9. The van der Waals surface area contributed by atoms with Crippen LogP contribution in [0.15, 0.2) is 42.5 Å². The molecule has 0 spiro atoms. The lowest BCUT2D eigenvalue weighted by Crippen LogP contribution is -2.37. The normalized spacial score (nSPS) is 24.2. The van der Waals surface area contributed by atoms with E-state index in [2.05, 4.69) is 24.0 Å².